The van der Waals surface area contributed by atoms with Crippen molar-refractivity contribution in [2.75, 3.05) is 13.3 Å². The van der Waals surface area contributed by atoms with Gasteiger partial charge in [0.05, 0.1) is 12.2 Å². The first-order valence-corrected chi connectivity index (χ1v) is 19.9. The quantitative estimate of drug-likeness (QED) is 0.0739. The van der Waals surface area contributed by atoms with Crippen LogP contribution in [0.15, 0.2) is 23.8 Å². The van der Waals surface area contributed by atoms with Crippen LogP contribution in [0.1, 0.15) is 111 Å². The van der Waals surface area contributed by atoms with Gasteiger partial charge in [0.15, 0.2) is 0 Å². The Balaban J connectivity index is 2.59. The molecule has 0 aliphatic heterocycles. The first-order valence-electron chi connectivity index (χ1n) is 15.8. The average molecular weight is 657 g/mol. The maximum absolute atomic E-state index is 13.8. The number of esters is 2. The molecule has 0 fully saturated rings. The van der Waals surface area contributed by atoms with Gasteiger partial charge in [0.25, 0.3) is 0 Å². The number of unbranched alkanes of at least 4 members (excludes halogenated alkanes) is 2. The molecule has 0 saturated heterocycles. The van der Waals surface area contributed by atoms with Crippen molar-refractivity contribution in [1.29, 1.82) is 0 Å². The number of allylic oxidation sites excluding steroid dienone is 2. The molecule has 0 radical (unpaired) electrons. The van der Waals surface area contributed by atoms with Crippen molar-refractivity contribution >= 4 is 27.0 Å². The summed E-state index contributed by atoms with van der Waals surface area (Å²) in [6, 6.07) is 2.01. The van der Waals surface area contributed by atoms with E-state index in [1.807, 2.05) is 12.1 Å². The van der Waals surface area contributed by atoms with E-state index in [1.54, 1.807) is 41.5 Å². The molecule has 1 aromatic carbocycles. The fourth-order valence-electron chi connectivity index (χ4n) is 5.14. The van der Waals surface area contributed by atoms with Crippen LogP contribution in [-0.4, -0.2) is 49.6 Å². The summed E-state index contributed by atoms with van der Waals surface area (Å²) < 4.78 is 50.8. The Kier molecular flexibility index (Phi) is 14.7. The summed E-state index contributed by atoms with van der Waals surface area (Å²) in [6.07, 6.45) is 7.87. The molecule has 5 atom stereocenters. The second kappa shape index (κ2) is 17.0. The summed E-state index contributed by atoms with van der Waals surface area (Å²) in [4.78, 5) is 25.0. The van der Waals surface area contributed by atoms with Crippen LogP contribution >= 0.6 is 15.0 Å². The highest BCUT2D eigenvalue weighted by molar-refractivity contribution is 7.56. The summed E-state index contributed by atoms with van der Waals surface area (Å²) in [5, 5.41) is 5.65. The maximum atomic E-state index is 13.8. The molecular formula is C32H54N2O8P2. The van der Waals surface area contributed by atoms with Gasteiger partial charge in [-0.15, -0.1) is 0 Å². The van der Waals surface area contributed by atoms with Crippen LogP contribution in [0, 0.1) is 0 Å². The molecule has 3 unspecified atom stereocenters. The molecule has 0 saturated carbocycles. The molecule has 2 rings (SSSR count). The molecule has 0 bridgehead atoms. The van der Waals surface area contributed by atoms with Gasteiger partial charge in [0.2, 0.25) is 0 Å². The smallest absolute Gasteiger partial charge is 0.323 e. The third-order valence-electron chi connectivity index (χ3n) is 6.99. The zero-order chi connectivity index (χ0) is 33.2. The van der Waals surface area contributed by atoms with Gasteiger partial charge in [-0.3, -0.25) is 18.7 Å². The van der Waals surface area contributed by atoms with Crippen LogP contribution in [0.3, 0.4) is 0 Å². The Morgan fingerprint density at radius 1 is 0.864 bits per heavy atom. The number of nitrogens with one attached hydrogen (secondary N) is 2. The first kappa shape index (κ1) is 38.1. The van der Waals surface area contributed by atoms with Crippen molar-refractivity contribution in [2.45, 2.75) is 131 Å². The maximum Gasteiger partial charge on any atom is 0.323 e. The van der Waals surface area contributed by atoms with E-state index < -0.39 is 39.1 Å². The van der Waals surface area contributed by atoms with E-state index in [0.29, 0.717) is 23.5 Å². The van der Waals surface area contributed by atoms with Gasteiger partial charge in [0.1, 0.15) is 23.6 Å². The van der Waals surface area contributed by atoms with Gasteiger partial charge in [-0.05, 0) is 98.3 Å². The number of benzene rings is 1. The van der Waals surface area contributed by atoms with Gasteiger partial charge in [-0.25, -0.2) is 10.2 Å². The predicted molar refractivity (Wildman–Crippen MR) is 176 cm³/mol. The van der Waals surface area contributed by atoms with E-state index in [4.69, 9.17) is 18.5 Å². The standard InChI is InChI=1S/C32H54N2O8P2/c1-11-12-13-16-26-19-28(41-43(9,37)33-24(7)31(35)39-21(2)3)30(27-17-14-15-23(6)18-27)29(20-26)42-44(10,38)34-25(8)32(36)40-22(4)5/h18-22,24-25,27H,11-17H2,1-10H3,(H,33,37)(H,34,38)/t24-,25-,27?,43?,44?/m0/s1. The molecule has 0 aromatic heterocycles. The number of rotatable bonds is 17. The molecule has 0 spiro atoms. The van der Waals surface area contributed by atoms with Gasteiger partial charge in [-0.1, -0.05) is 31.4 Å². The molecular weight excluding hydrogens is 602 g/mol. The monoisotopic (exact) mass is 656 g/mol. The summed E-state index contributed by atoms with van der Waals surface area (Å²) in [7, 11) is -7.21. The number of ether oxygens (including phenoxy) is 2. The Hall–Kier alpha value is -2.12. The number of carbonyl (C=O) groups is 2. The Morgan fingerprint density at radius 3 is 1.75 bits per heavy atom. The number of aryl methyl sites for hydroxylation is 1. The van der Waals surface area contributed by atoms with Gasteiger partial charge in [0, 0.05) is 24.8 Å². The first-order chi connectivity index (χ1) is 20.4. The van der Waals surface area contributed by atoms with Crippen molar-refractivity contribution < 1.29 is 37.2 Å². The lowest BCUT2D eigenvalue weighted by Gasteiger charge is -2.29. The zero-order valence-electron chi connectivity index (χ0n) is 28.2. The molecule has 44 heavy (non-hydrogen) atoms. The van der Waals surface area contributed by atoms with E-state index in [2.05, 4.69) is 30.1 Å². The Labute approximate surface area is 264 Å². The summed E-state index contributed by atoms with van der Waals surface area (Å²) in [6.45, 7) is 17.2. The highest BCUT2D eigenvalue weighted by Crippen LogP contribution is 2.51. The van der Waals surface area contributed by atoms with Crippen molar-refractivity contribution in [3.8, 4) is 11.5 Å². The molecule has 2 N–H and O–H groups in total. The number of carbonyl (C=O) groups excluding carboxylic acids is 2. The van der Waals surface area contributed by atoms with Crippen molar-refractivity contribution in [1.82, 2.24) is 10.2 Å². The van der Waals surface area contributed by atoms with Crippen LogP contribution in [-0.2, 0) is 34.6 Å². The average Bonchev–Trinajstić information content (AvgIpc) is 2.86. The predicted octanol–water partition coefficient (Wildman–Crippen LogP) is 7.90. The van der Waals surface area contributed by atoms with Crippen molar-refractivity contribution in [3.63, 3.8) is 0 Å². The lowest BCUT2D eigenvalue weighted by atomic mass is 9.84. The number of hydrogen-bond donors (Lipinski definition) is 2. The summed E-state index contributed by atoms with van der Waals surface area (Å²) in [5.41, 5.74) is 2.71. The van der Waals surface area contributed by atoms with E-state index in [-0.39, 0.29) is 18.1 Å². The minimum atomic E-state index is -3.61. The minimum Gasteiger partial charge on any atom is -0.462 e. The number of hydrogen-bond acceptors (Lipinski definition) is 8. The molecule has 0 amide bonds. The lowest BCUT2D eigenvalue weighted by molar-refractivity contribution is -0.149. The van der Waals surface area contributed by atoms with E-state index in [0.717, 1.165) is 44.1 Å². The van der Waals surface area contributed by atoms with Gasteiger partial charge >= 0.3 is 27.0 Å². The zero-order valence-corrected chi connectivity index (χ0v) is 30.0. The second-order valence-electron chi connectivity index (χ2n) is 12.5. The Bertz CT molecular complexity index is 1190. The Morgan fingerprint density at radius 2 is 1.34 bits per heavy atom. The molecule has 1 aliphatic rings. The molecule has 1 aromatic rings. The fraction of sp³-hybridized carbons (Fsp3) is 0.688. The molecule has 12 heteroatoms. The molecule has 0 heterocycles. The van der Waals surface area contributed by atoms with Crippen LogP contribution in [0.4, 0.5) is 0 Å². The lowest BCUT2D eigenvalue weighted by Crippen LogP contribution is -2.35. The molecule has 10 nitrogen and oxygen atoms in total. The summed E-state index contributed by atoms with van der Waals surface area (Å²) in [5.74, 6) is -0.514. The molecule has 1 aliphatic carbocycles. The SMILES string of the molecule is CCCCCc1cc(OP(C)(=O)N[C@@H](C)C(=O)OC(C)C)c(C2C=C(C)CCC2)c(OP(C)(=O)N[C@@H](C)C(=O)OC(C)C)c1. The van der Waals surface area contributed by atoms with Gasteiger partial charge < -0.3 is 18.5 Å². The van der Waals surface area contributed by atoms with E-state index in [1.165, 1.54) is 18.9 Å². The van der Waals surface area contributed by atoms with E-state index in [9.17, 15) is 18.7 Å². The fourth-order valence-corrected chi connectivity index (χ4v) is 7.92. The molecule has 250 valence electrons. The van der Waals surface area contributed by atoms with Crippen LogP contribution in [0.2, 0.25) is 0 Å². The highest BCUT2D eigenvalue weighted by Gasteiger charge is 2.33. The van der Waals surface area contributed by atoms with Crippen LogP contribution < -0.4 is 19.2 Å². The highest BCUT2D eigenvalue weighted by atomic mass is 31.2. The van der Waals surface area contributed by atoms with Crippen molar-refractivity contribution in [3.05, 3.63) is 34.9 Å². The van der Waals surface area contributed by atoms with Crippen LogP contribution in [0.25, 0.3) is 0 Å². The van der Waals surface area contributed by atoms with E-state index >= 15 is 0 Å². The summed E-state index contributed by atoms with van der Waals surface area (Å²) >= 11 is 0. The second-order valence-corrected chi connectivity index (χ2v) is 16.8. The third-order valence-corrected chi connectivity index (χ3v) is 9.79. The topological polar surface area (TPSA) is 129 Å². The van der Waals surface area contributed by atoms with Crippen LogP contribution in [0.5, 0.6) is 11.5 Å². The largest absolute Gasteiger partial charge is 0.462 e. The third kappa shape index (κ3) is 12.7. The minimum absolute atomic E-state index is 0.148. The normalized spacial score (nSPS) is 19.4. The van der Waals surface area contributed by atoms with Crippen molar-refractivity contribution in [2.24, 2.45) is 0 Å². The van der Waals surface area contributed by atoms with Gasteiger partial charge in [-0.2, -0.15) is 0 Å².